The van der Waals surface area contributed by atoms with Gasteiger partial charge in [0.2, 0.25) is 5.91 Å². The number of nitrogens with zero attached hydrogens (tertiary/aromatic N) is 1. The lowest BCUT2D eigenvalue weighted by Gasteiger charge is -2.34. The van der Waals surface area contributed by atoms with E-state index in [2.05, 4.69) is 0 Å². The molecule has 0 aromatic carbocycles. The SMILES string of the molecule is O=C(O)CCN(C(=O)[C@@H]1C[C@H]1C1CC1)C1CCOCC1. The third kappa shape index (κ3) is 3.14. The summed E-state index contributed by atoms with van der Waals surface area (Å²) in [6, 6.07) is 0.177. The van der Waals surface area contributed by atoms with Gasteiger partial charge in [0, 0.05) is 31.7 Å². The summed E-state index contributed by atoms with van der Waals surface area (Å²) in [5.74, 6) is 0.924. The number of ether oxygens (including phenoxy) is 1. The molecule has 2 atom stereocenters. The molecule has 0 bridgehead atoms. The van der Waals surface area contributed by atoms with Crippen LogP contribution in [0.2, 0.25) is 0 Å². The fourth-order valence-electron chi connectivity index (χ4n) is 3.44. The molecule has 0 aromatic rings. The van der Waals surface area contributed by atoms with Gasteiger partial charge in [0.1, 0.15) is 0 Å². The van der Waals surface area contributed by atoms with E-state index in [0.29, 0.717) is 25.7 Å². The molecule has 1 amide bonds. The Bertz CT molecular complexity index is 387. The van der Waals surface area contributed by atoms with Crippen LogP contribution in [0.5, 0.6) is 0 Å². The van der Waals surface area contributed by atoms with E-state index < -0.39 is 5.97 Å². The number of carbonyl (C=O) groups excluding carboxylic acids is 1. The van der Waals surface area contributed by atoms with Crippen LogP contribution < -0.4 is 0 Å². The number of hydrogen-bond acceptors (Lipinski definition) is 3. The van der Waals surface area contributed by atoms with Crippen LogP contribution in [0, 0.1) is 17.8 Å². The Morgan fingerprint density at radius 2 is 1.85 bits per heavy atom. The molecule has 0 aromatic heterocycles. The first-order valence-electron chi connectivity index (χ1n) is 7.77. The first-order valence-corrected chi connectivity index (χ1v) is 7.77. The quantitative estimate of drug-likeness (QED) is 0.801. The van der Waals surface area contributed by atoms with Gasteiger partial charge in [-0.3, -0.25) is 9.59 Å². The summed E-state index contributed by atoms with van der Waals surface area (Å²) in [6.07, 6.45) is 5.31. The third-order valence-electron chi connectivity index (χ3n) is 4.87. The zero-order valence-corrected chi connectivity index (χ0v) is 11.8. The number of carboxylic acid groups (broad SMARTS) is 1. The molecule has 0 spiro atoms. The van der Waals surface area contributed by atoms with E-state index in [1.807, 2.05) is 4.90 Å². The van der Waals surface area contributed by atoms with Crippen molar-refractivity contribution in [2.45, 2.75) is 44.6 Å². The van der Waals surface area contributed by atoms with Crippen molar-refractivity contribution in [1.82, 2.24) is 4.90 Å². The summed E-state index contributed by atoms with van der Waals surface area (Å²) >= 11 is 0. The Morgan fingerprint density at radius 3 is 2.45 bits per heavy atom. The van der Waals surface area contributed by atoms with Gasteiger partial charge in [-0.05, 0) is 43.9 Å². The van der Waals surface area contributed by atoms with E-state index in [4.69, 9.17) is 9.84 Å². The monoisotopic (exact) mass is 281 g/mol. The first-order chi connectivity index (χ1) is 9.66. The standard InChI is InChI=1S/C15H23NO4/c17-14(18)3-6-16(11-4-7-20-8-5-11)15(19)13-9-12(13)10-1-2-10/h10-13H,1-9H2,(H,17,18)/t12-,13+/m0/s1. The Morgan fingerprint density at radius 1 is 1.15 bits per heavy atom. The smallest absolute Gasteiger partial charge is 0.305 e. The molecule has 3 aliphatic rings. The summed E-state index contributed by atoms with van der Waals surface area (Å²) in [4.78, 5) is 25.3. The molecule has 0 unspecified atom stereocenters. The van der Waals surface area contributed by atoms with Gasteiger partial charge in [0.15, 0.2) is 0 Å². The zero-order valence-electron chi connectivity index (χ0n) is 11.8. The lowest BCUT2D eigenvalue weighted by atomic mass is 10.1. The van der Waals surface area contributed by atoms with Crippen molar-refractivity contribution < 1.29 is 19.4 Å². The zero-order chi connectivity index (χ0) is 14.1. The van der Waals surface area contributed by atoms with Gasteiger partial charge in [-0.1, -0.05) is 0 Å². The molecule has 3 fully saturated rings. The molecule has 1 saturated heterocycles. The van der Waals surface area contributed by atoms with E-state index in [1.165, 1.54) is 12.8 Å². The van der Waals surface area contributed by atoms with E-state index in [1.54, 1.807) is 0 Å². The van der Waals surface area contributed by atoms with Crippen LogP contribution in [0.25, 0.3) is 0 Å². The second-order valence-electron chi connectivity index (χ2n) is 6.36. The van der Waals surface area contributed by atoms with Crippen LogP contribution in [-0.4, -0.2) is 47.7 Å². The Hall–Kier alpha value is -1.10. The molecule has 1 N–H and O–H groups in total. The van der Waals surface area contributed by atoms with Gasteiger partial charge < -0.3 is 14.7 Å². The van der Waals surface area contributed by atoms with Crippen LogP contribution in [0.3, 0.4) is 0 Å². The first kappa shape index (κ1) is 13.9. The van der Waals surface area contributed by atoms with Gasteiger partial charge in [-0.15, -0.1) is 0 Å². The lowest BCUT2D eigenvalue weighted by molar-refractivity contribution is -0.141. The molecule has 2 aliphatic carbocycles. The van der Waals surface area contributed by atoms with E-state index in [-0.39, 0.29) is 24.3 Å². The van der Waals surface area contributed by atoms with Crippen molar-refractivity contribution in [2.75, 3.05) is 19.8 Å². The van der Waals surface area contributed by atoms with Crippen LogP contribution in [0.15, 0.2) is 0 Å². The minimum absolute atomic E-state index is 0.0455. The minimum atomic E-state index is -0.829. The lowest BCUT2D eigenvalue weighted by Crippen LogP contribution is -2.45. The highest BCUT2D eigenvalue weighted by Gasteiger charge is 2.52. The van der Waals surface area contributed by atoms with Crippen LogP contribution in [0.1, 0.15) is 38.5 Å². The molecule has 112 valence electrons. The molecule has 5 nitrogen and oxygen atoms in total. The normalized spacial score (nSPS) is 30.0. The number of amides is 1. The number of carboxylic acids is 1. The van der Waals surface area contributed by atoms with Crippen molar-refractivity contribution in [3.8, 4) is 0 Å². The predicted molar refractivity (Wildman–Crippen MR) is 72.1 cm³/mol. The van der Waals surface area contributed by atoms with Gasteiger partial charge >= 0.3 is 5.97 Å². The van der Waals surface area contributed by atoms with Crippen molar-refractivity contribution in [1.29, 1.82) is 0 Å². The highest BCUT2D eigenvalue weighted by atomic mass is 16.5. The van der Waals surface area contributed by atoms with E-state index >= 15 is 0 Å². The van der Waals surface area contributed by atoms with Gasteiger partial charge in [-0.25, -0.2) is 0 Å². The minimum Gasteiger partial charge on any atom is -0.481 e. The predicted octanol–water partition coefficient (Wildman–Crippen LogP) is 1.51. The summed E-state index contributed by atoms with van der Waals surface area (Å²) in [5.41, 5.74) is 0. The fraction of sp³-hybridized carbons (Fsp3) is 0.867. The summed E-state index contributed by atoms with van der Waals surface area (Å²) in [5, 5.41) is 8.88. The molecular formula is C15H23NO4. The second kappa shape index (κ2) is 5.72. The molecule has 2 saturated carbocycles. The van der Waals surface area contributed by atoms with Gasteiger partial charge in [-0.2, -0.15) is 0 Å². The average Bonchev–Trinajstić information content (AvgIpc) is 3.29. The average molecular weight is 281 g/mol. The molecule has 20 heavy (non-hydrogen) atoms. The summed E-state index contributed by atoms with van der Waals surface area (Å²) < 4.78 is 5.35. The fourth-order valence-corrected chi connectivity index (χ4v) is 3.44. The van der Waals surface area contributed by atoms with Crippen molar-refractivity contribution in [3.05, 3.63) is 0 Å². The maximum absolute atomic E-state index is 12.7. The topological polar surface area (TPSA) is 66.8 Å². The summed E-state index contributed by atoms with van der Waals surface area (Å²) in [6.45, 7) is 1.71. The molecular weight excluding hydrogens is 258 g/mol. The highest BCUT2D eigenvalue weighted by molar-refractivity contribution is 5.82. The molecule has 1 heterocycles. The number of carbonyl (C=O) groups is 2. The highest BCUT2D eigenvalue weighted by Crippen LogP contribution is 2.55. The van der Waals surface area contributed by atoms with Crippen LogP contribution in [0.4, 0.5) is 0 Å². The maximum Gasteiger partial charge on any atom is 0.305 e. The Balaban J connectivity index is 1.60. The van der Waals surface area contributed by atoms with Crippen molar-refractivity contribution >= 4 is 11.9 Å². The number of hydrogen-bond donors (Lipinski definition) is 1. The molecule has 0 radical (unpaired) electrons. The second-order valence-corrected chi connectivity index (χ2v) is 6.36. The van der Waals surface area contributed by atoms with Crippen molar-refractivity contribution in [2.24, 2.45) is 17.8 Å². The van der Waals surface area contributed by atoms with Crippen LogP contribution >= 0.6 is 0 Å². The molecule has 5 heteroatoms. The van der Waals surface area contributed by atoms with Crippen molar-refractivity contribution in [3.63, 3.8) is 0 Å². The Labute approximate surface area is 119 Å². The molecule has 3 rings (SSSR count). The van der Waals surface area contributed by atoms with Gasteiger partial charge in [0.25, 0.3) is 0 Å². The maximum atomic E-state index is 12.7. The van der Waals surface area contributed by atoms with E-state index in [0.717, 1.165) is 25.2 Å². The molecule has 1 aliphatic heterocycles. The van der Waals surface area contributed by atoms with E-state index in [9.17, 15) is 9.59 Å². The summed E-state index contributed by atoms with van der Waals surface area (Å²) in [7, 11) is 0. The number of aliphatic carboxylic acids is 1. The van der Waals surface area contributed by atoms with Gasteiger partial charge in [0.05, 0.1) is 6.42 Å². The Kier molecular flexibility index (Phi) is 3.96. The third-order valence-corrected chi connectivity index (χ3v) is 4.87. The van der Waals surface area contributed by atoms with Crippen LogP contribution in [-0.2, 0) is 14.3 Å². The largest absolute Gasteiger partial charge is 0.481 e. The number of rotatable bonds is 6.